The molecule has 7 heteroatoms. The first-order chi connectivity index (χ1) is 12.0. The number of amides is 1. The summed E-state index contributed by atoms with van der Waals surface area (Å²) in [4.78, 5) is 11.9. The highest BCUT2D eigenvalue weighted by molar-refractivity contribution is 7.89. The van der Waals surface area contributed by atoms with Crippen molar-refractivity contribution >= 4 is 15.9 Å². The van der Waals surface area contributed by atoms with E-state index in [0.29, 0.717) is 31.2 Å². The molecule has 1 aromatic carbocycles. The molecular formula is C18H26N2O4S. The first-order valence-electron chi connectivity index (χ1n) is 9.07. The molecule has 0 bridgehead atoms. The molecule has 3 rings (SSSR count). The number of sulfonamides is 1. The molecule has 0 aromatic heterocycles. The quantitative estimate of drug-likeness (QED) is 0.808. The Morgan fingerprint density at radius 2 is 1.76 bits per heavy atom. The molecule has 1 saturated heterocycles. The lowest BCUT2D eigenvalue weighted by Gasteiger charge is -2.23. The van der Waals surface area contributed by atoms with E-state index in [-0.39, 0.29) is 10.8 Å². The Labute approximate surface area is 149 Å². The number of hydrogen-bond acceptors (Lipinski definition) is 4. The lowest BCUT2D eigenvalue weighted by Crippen LogP contribution is -2.50. The molecule has 2 fully saturated rings. The van der Waals surface area contributed by atoms with Crippen LogP contribution in [0.5, 0.6) is 5.75 Å². The largest absolute Gasteiger partial charge is 0.493 e. The first-order valence-corrected chi connectivity index (χ1v) is 10.6. The Morgan fingerprint density at radius 3 is 2.44 bits per heavy atom. The van der Waals surface area contributed by atoms with Gasteiger partial charge in [0.1, 0.15) is 11.8 Å². The van der Waals surface area contributed by atoms with Crippen molar-refractivity contribution in [2.45, 2.75) is 55.9 Å². The number of nitrogens with one attached hydrogen (secondary N) is 2. The van der Waals surface area contributed by atoms with E-state index in [2.05, 4.69) is 10.0 Å². The van der Waals surface area contributed by atoms with Gasteiger partial charge in [-0.3, -0.25) is 4.79 Å². The van der Waals surface area contributed by atoms with Gasteiger partial charge in [-0.15, -0.1) is 0 Å². The van der Waals surface area contributed by atoms with E-state index in [1.807, 2.05) is 0 Å². The van der Waals surface area contributed by atoms with Crippen LogP contribution in [-0.4, -0.2) is 33.5 Å². The maximum atomic E-state index is 12.4. The molecule has 138 valence electrons. The van der Waals surface area contributed by atoms with Gasteiger partial charge >= 0.3 is 0 Å². The van der Waals surface area contributed by atoms with Crippen molar-refractivity contribution in [3.63, 3.8) is 0 Å². The average molecular weight is 366 g/mol. The van der Waals surface area contributed by atoms with Gasteiger partial charge < -0.3 is 10.1 Å². The molecule has 0 unspecified atom stereocenters. The number of rotatable bonds is 6. The second kappa shape index (κ2) is 8.19. The van der Waals surface area contributed by atoms with E-state index in [4.69, 9.17) is 4.74 Å². The van der Waals surface area contributed by atoms with E-state index in [1.165, 1.54) is 44.2 Å². The molecule has 6 nitrogen and oxygen atoms in total. The van der Waals surface area contributed by atoms with Crippen LogP contribution in [0.1, 0.15) is 44.9 Å². The number of carbonyl (C=O) groups excluding carboxylic acids is 1. The van der Waals surface area contributed by atoms with Crippen LogP contribution in [0.4, 0.5) is 0 Å². The van der Waals surface area contributed by atoms with Crippen LogP contribution in [0.25, 0.3) is 0 Å². The second-order valence-corrected chi connectivity index (χ2v) is 8.61. The SMILES string of the molecule is O=C1NCCC[C@@H]1NS(=O)(=O)c1ccc(OCC2CCCCC2)cc1. The van der Waals surface area contributed by atoms with Crippen molar-refractivity contribution in [1.82, 2.24) is 10.0 Å². The van der Waals surface area contributed by atoms with Crippen molar-refractivity contribution < 1.29 is 17.9 Å². The first kappa shape index (κ1) is 18.2. The molecule has 1 aromatic rings. The van der Waals surface area contributed by atoms with Gasteiger partial charge in [-0.2, -0.15) is 4.72 Å². The summed E-state index contributed by atoms with van der Waals surface area (Å²) in [6, 6.07) is 5.72. The van der Waals surface area contributed by atoms with Crippen LogP contribution in [0.2, 0.25) is 0 Å². The van der Waals surface area contributed by atoms with E-state index >= 15 is 0 Å². The van der Waals surface area contributed by atoms with Gasteiger partial charge in [-0.25, -0.2) is 8.42 Å². The average Bonchev–Trinajstić information content (AvgIpc) is 2.63. The summed E-state index contributed by atoms with van der Waals surface area (Å²) in [6.07, 6.45) is 7.56. The van der Waals surface area contributed by atoms with E-state index in [0.717, 1.165) is 6.42 Å². The van der Waals surface area contributed by atoms with E-state index in [9.17, 15) is 13.2 Å². The van der Waals surface area contributed by atoms with Crippen molar-refractivity contribution in [2.24, 2.45) is 5.92 Å². The summed E-state index contributed by atoms with van der Waals surface area (Å²) in [5, 5.41) is 2.68. The number of benzene rings is 1. The maximum Gasteiger partial charge on any atom is 0.241 e. The van der Waals surface area contributed by atoms with Gasteiger partial charge in [0.2, 0.25) is 15.9 Å². The van der Waals surface area contributed by atoms with Crippen molar-refractivity contribution in [2.75, 3.05) is 13.2 Å². The molecule has 0 radical (unpaired) electrons. The van der Waals surface area contributed by atoms with Gasteiger partial charge in [-0.1, -0.05) is 19.3 Å². The smallest absolute Gasteiger partial charge is 0.241 e. The Balaban J connectivity index is 1.57. The van der Waals surface area contributed by atoms with Crippen molar-refractivity contribution in [3.8, 4) is 5.75 Å². The molecule has 1 saturated carbocycles. The monoisotopic (exact) mass is 366 g/mol. The fourth-order valence-electron chi connectivity index (χ4n) is 3.42. The molecule has 1 heterocycles. The second-order valence-electron chi connectivity index (χ2n) is 6.89. The fraction of sp³-hybridized carbons (Fsp3) is 0.611. The van der Waals surface area contributed by atoms with Crippen LogP contribution >= 0.6 is 0 Å². The highest BCUT2D eigenvalue weighted by atomic mass is 32.2. The van der Waals surface area contributed by atoms with Gasteiger partial charge in [0.05, 0.1) is 11.5 Å². The number of hydrogen-bond donors (Lipinski definition) is 2. The standard InChI is InChI=1S/C18H26N2O4S/c21-18-17(7-4-12-19-18)20-25(22,23)16-10-8-15(9-11-16)24-13-14-5-2-1-3-6-14/h8-11,14,17,20H,1-7,12-13H2,(H,19,21)/t17-/m0/s1. The molecule has 1 amide bonds. The maximum absolute atomic E-state index is 12.4. The summed E-state index contributed by atoms with van der Waals surface area (Å²) >= 11 is 0. The summed E-state index contributed by atoms with van der Waals surface area (Å²) in [5.41, 5.74) is 0. The van der Waals surface area contributed by atoms with Crippen molar-refractivity contribution in [3.05, 3.63) is 24.3 Å². The molecule has 2 N–H and O–H groups in total. The predicted octanol–water partition coefficient (Wildman–Crippen LogP) is 2.20. The van der Waals surface area contributed by atoms with Crippen LogP contribution in [0.15, 0.2) is 29.2 Å². The summed E-state index contributed by atoms with van der Waals surface area (Å²) < 4.78 is 33.1. The molecule has 2 aliphatic rings. The van der Waals surface area contributed by atoms with Gasteiger partial charge in [0, 0.05) is 6.54 Å². The van der Waals surface area contributed by atoms with Crippen LogP contribution in [-0.2, 0) is 14.8 Å². The third kappa shape index (κ3) is 4.95. The molecular weight excluding hydrogens is 340 g/mol. The zero-order valence-corrected chi connectivity index (χ0v) is 15.2. The third-order valence-corrected chi connectivity index (χ3v) is 6.41. The Morgan fingerprint density at radius 1 is 1.04 bits per heavy atom. The van der Waals surface area contributed by atoms with Crippen molar-refractivity contribution in [1.29, 1.82) is 0 Å². The van der Waals surface area contributed by atoms with Gasteiger partial charge in [-0.05, 0) is 55.9 Å². The minimum absolute atomic E-state index is 0.149. The lowest BCUT2D eigenvalue weighted by molar-refractivity contribution is -0.124. The molecule has 1 aliphatic carbocycles. The number of carbonyl (C=O) groups is 1. The zero-order valence-electron chi connectivity index (χ0n) is 14.4. The molecule has 0 spiro atoms. The Bertz CT molecular complexity index is 682. The van der Waals surface area contributed by atoms with Crippen LogP contribution < -0.4 is 14.8 Å². The van der Waals surface area contributed by atoms with Gasteiger partial charge in [0.25, 0.3) is 0 Å². The third-order valence-electron chi connectivity index (χ3n) is 4.93. The minimum Gasteiger partial charge on any atom is -0.493 e. The zero-order chi connectivity index (χ0) is 17.7. The highest BCUT2D eigenvalue weighted by Crippen LogP contribution is 2.25. The highest BCUT2D eigenvalue weighted by Gasteiger charge is 2.27. The molecule has 1 aliphatic heterocycles. The normalized spacial score (nSPS) is 22.4. The Kier molecular flexibility index (Phi) is 5.96. The molecule has 25 heavy (non-hydrogen) atoms. The van der Waals surface area contributed by atoms with E-state index < -0.39 is 16.1 Å². The fourth-order valence-corrected chi connectivity index (χ4v) is 4.65. The summed E-state index contributed by atoms with van der Waals surface area (Å²) in [6.45, 7) is 1.29. The summed E-state index contributed by atoms with van der Waals surface area (Å²) in [7, 11) is -3.71. The number of piperidine rings is 1. The van der Waals surface area contributed by atoms with Crippen LogP contribution in [0.3, 0.4) is 0 Å². The van der Waals surface area contributed by atoms with Gasteiger partial charge in [0.15, 0.2) is 0 Å². The lowest BCUT2D eigenvalue weighted by atomic mass is 9.90. The predicted molar refractivity (Wildman–Crippen MR) is 94.9 cm³/mol. The van der Waals surface area contributed by atoms with E-state index in [1.54, 1.807) is 12.1 Å². The molecule has 1 atom stereocenters. The van der Waals surface area contributed by atoms with Crippen LogP contribution in [0, 0.1) is 5.92 Å². The topological polar surface area (TPSA) is 84.5 Å². The Hall–Kier alpha value is -1.60. The summed E-state index contributed by atoms with van der Waals surface area (Å²) in [5.74, 6) is 1.02. The minimum atomic E-state index is -3.71. The number of ether oxygens (including phenoxy) is 1.